The van der Waals surface area contributed by atoms with E-state index in [9.17, 15) is 4.79 Å². The van der Waals surface area contributed by atoms with E-state index >= 15 is 0 Å². The Hall–Kier alpha value is -1.59. The molecule has 1 N–H and O–H groups in total. The van der Waals surface area contributed by atoms with E-state index in [1.165, 1.54) is 43.4 Å². The molecule has 1 amide bonds. The molecule has 1 saturated heterocycles. The zero-order chi connectivity index (χ0) is 20.3. The number of amides is 1. The maximum Gasteiger partial charge on any atom is 0.254 e. The number of nitrogens with one attached hydrogen (secondary N) is 1. The highest BCUT2D eigenvalue weighted by Gasteiger charge is 2.78. The second kappa shape index (κ2) is 5.60. The predicted molar refractivity (Wildman–Crippen MR) is 113 cm³/mol. The maximum atomic E-state index is 12.7. The number of methoxy groups -OCH3 is 1. The summed E-state index contributed by atoms with van der Waals surface area (Å²) >= 11 is 0. The highest BCUT2D eigenvalue weighted by atomic mass is 16.6. The number of carbonyl (C=O) groups is 1. The smallest absolute Gasteiger partial charge is 0.254 e. The average Bonchev–Trinajstić information content (AvgIpc) is 3.52. The molecule has 0 radical (unpaired) electrons. The van der Waals surface area contributed by atoms with Crippen molar-refractivity contribution < 1.29 is 14.3 Å². The van der Waals surface area contributed by atoms with Crippen molar-refractivity contribution in [1.29, 1.82) is 0 Å². The summed E-state index contributed by atoms with van der Waals surface area (Å²) in [6.45, 7) is 2.44. The SMILES string of the molecule is CNC(=O)c1ccc2c3c1OC1C4(OC)CCC5(CC4)C(C2)N(CC2CC2)CCC315. The third kappa shape index (κ3) is 1.83. The molecule has 0 aromatic heterocycles. The normalized spacial score (nSPS) is 42.6. The first kappa shape index (κ1) is 18.0. The van der Waals surface area contributed by atoms with Crippen molar-refractivity contribution >= 4 is 5.91 Å². The topological polar surface area (TPSA) is 50.8 Å². The fourth-order valence-corrected chi connectivity index (χ4v) is 8.62. The molecule has 1 aromatic carbocycles. The van der Waals surface area contributed by atoms with Gasteiger partial charge in [-0.2, -0.15) is 0 Å². The summed E-state index contributed by atoms with van der Waals surface area (Å²) in [5.41, 5.74) is 3.59. The first-order valence-electron chi connectivity index (χ1n) is 11.9. The van der Waals surface area contributed by atoms with E-state index in [0.717, 1.165) is 43.9 Å². The Kier molecular flexibility index (Phi) is 3.37. The minimum Gasteiger partial charge on any atom is -0.485 e. The number of nitrogens with zero attached hydrogens (tertiary/aromatic N) is 1. The molecule has 8 rings (SSSR count). The Balaban J connectivity index is 1.47. The van der Waals surface area contributed by atoms with E-state index < -0.39 is 0 Å². The monoisotopic (exact) mass is 408 g/mol. The summed E-state index contributed by atoms with van der Waals surface area (Å²) in [6, 6.07) is 4.85. The van der Waals surface area contributed by atoms with Gasteiger partial charge in [0.05, 0.1) is 5.56 Å². The molecule has 2 spiro atoms. The molecule has 2 aliphatic heterocycles. The van der Waals surface area contributed by atoms with Crippen LogP contribution in [0.3, 0.4) is 0 Å². The number of rotatable bonds is 4. The Morgan fingerprint density at radius 3 is 2.73 bits per heavy atom. The van der Waals surface area contributed by atoms with Crippen molar-refractivity contribution in [3.63, 3.8) is 0 Å². The van der Waals surface area contributed by atoms with Gasteiger partial charge >= 0.3 is 0 Å². The van der Waals surface area contributed by atoms with Gasteiger partial charge in [-0.05, 0) is 80.9 Å². The van der Waals surface area contributed by atoms with Crippen LogP contribution in [-0.4, -0.2) is 55.8 Å². The number of hydrogen-bond donors (Lipinski definition) is 1. The van der Waals surface area contributed by atoms with E-state index in [1.54, 1.807) is 7.05 Å². The summed E-state index contributed by atoms with van der Waals surface area (Å²) in [4.78, 5) is 15.6. The van der Waals surface area contributed by atoms with Crippen molar-refractivity contribution in [3.05, 3.63) is 28.8 Å². The summed E-state index contributed by atoms with van der Waals surface area (Å²) in [7, 11) is 3.59. The molecular weight excluding hydrogens is 376 g/mol. The summed E-state index contributed by atoms with van der Waals surface area (Å²) < 4.78 is 13.2. The zero-order valence-corrected chi connectivity index (χ0v) is 18.1. The number of piperidine rings is 1. The molecule has 5 heteroatoms. The molecule has 2 heterocycles. The van der Waals surface area contributed by atoms with Gasteiger partial charge in [-0.25, -0.2) is 0 Å². The molecule has 4 bridgehead atoms. The first-order valence-corrected chi connectivity index (χ1v) is 11.9. The lowest BCUT2D eigenvalue weighted by Crippen LogP contribution is -2.78. The standard InChI is InChI=1S/C25H32N2O3/c1-26-21(28)17-6-5-16-13-18-23-7-9-24(29-2,10-8-23)22-25(23,19(16)20(17)30-22)11-12-27(18)14-15-3-4-15/h5-6,15,18,22H,3-4,7-14H2,1-2H3,(H,26,28). The lowest BCUT2D eigenvalue weighted by atomic mass is 9.36. The Bertz CT molecular complexity index is 946. The molecule has 1 aromatic rings. The van der Waals surface area contributed by atoms with Gasteiger partial charge in [-0.15, -0.1) is 0 Å². The lowest BCUT2D eigenvalue weighted by Gasteiger charge is -2.72. The first-order chi connectivity index (χ1) is 14.6. The third-order valence-electron chi connectivity index (χ3n) is 10.1. The number of carbonyl (C=O) groups excluding carboxylic acids is 1. The van der Waals surface area contributed by atoms with Crippen molar-refractivity contribution in [3.8, 4) is 5.75 Å². The van der Waals surface area contributed by atoms with Crippen LogP contribution in [0.4, 0.5) is 0 Å². The van der Waals surface area contributed by atoms with Gasteiger partial charge in [-0.3, -0.25) is 9.69 Å². The van der Waals surface area contributed by atoms with Crippen LogP contribution in [0.1, 0.15) is 66.4 Å². The van der Waals surface area contributed by atoms with E-state index in [4.69, 9.17) is 9.47 Å². The zero-order valence-electron chi connectivity index (χ0n) is 18.1. The molecule has 160 valence electrons. The van der Waals surface area contributed by atoms with Crippen molar-refractivity contribution in [2.75, 3.05) is 27.2 Å². The number of benzene rings is 1. The Labute approximate surface area is 178 Å². The van der Waals surface area contributed by atoms with E-state index in [2.05, 4.69) is 16.3 Å². The average molecular weight is 409 g/mol. The molecule has 3 atom stereocenters. The van der Waals surface area contributed by atoms with Crippen molar-refractivity contribution in [2.45, 2.75) is 74.5 Å². The molecular formula is C25H32N2O3. The minimum absolute atomic E-state index is 0.0111. The van der Waals surface area contributed by atoms with Crippen LogP contribution < -0.4 is 10.1 Å². The van der Waals surface area contributed by atoms with E-state index in [1.807, 2.05) is 13.2 Å². The van der Waals surface area contributed by atoms with E-state index in [0.29, 0.717) is 11.6 Å². The number of ether oxygens (including phenoxy) is 2. The van der Waals surface area contributed by atoms with Crippen LogP contribution in [-0.2, 0) is 16.6 Å². The van der Waals surface area contributed by atoms with Crippen LogP contribution >= 0.6 is 0 Å². The minimum atomic E-state index is -0.210. The second-order valence-corrected chi connectivity index (χ2v) is 10.9. The largest absolute Gasteiger partial charge is 0.485 e. The molecule has 7 aliphatic rings. The fourth-order valence-electron chi connectivity index (χ4n) is 8.62. The van der Waals surface area contributed by atoms with Gasteiger partial charge in [-0.1, -0.05) is 6.07 Å². The number of hydrogen-bond acceptors (Lipinski definition) is 4. The predicted octanol–water partition coefficient (Wildman–Crippen LogP) is 3.04. The highest BCUT2D eigenvalue weighted by molar-refractivity contribution is 5.98. The molecule has 4 saturated carbocycles. The summed E-state index contributed by atoms with van der Waals surface area (Å²) in [5.74, 6) is 1.76. The van der Waals surface area contributed by atoms with Gasteiger partial charge in [0.1, 0.15) is 17.5 Å². The third-order valence-corrected chi connectivity index (χ3v) is 10.1. The molecule has 5 nitrogen and oxygen atoms in total. The van der Waals surface area contributed by atoms with Gasteiger partial charge in [0.2, 0.25) is 0 Å². The van der Waals surface area contributed by atoms with Gasteiger partial charge in [0.15, 0.2) is 0 Å². The second-order valence-electron chi connectivity index (χ2n) is 10.9. The van der Waals surface area contributed by atoms with Gasteiger partial charge < -0.3 is 14.8 Å². The Morgan fingerprint density at radius 1 is 1.23 bits per heavy atom. The molecule has 5 aliphatic carbocycles. The van der Waals surface area contributed by atoms with Crippen LogP contribution in [0.15, 0.2) is 12.1 Å². The fraction of sp³-hybridized carbons (Fsp3) is 0.720. The van der Waals surface area contributed by atoms with Crippen molar-refractivity contribution in [1.82, 2.24) is 10.2 Å². The molecule has 30 heavy (non-hydrogen) atoms. The van der Waals surface area contributed by atoms with Crippen LogP contribution in [0.25, 0.3) is 0 Å². The van der Waals surface area contributed by atoms with E-state index in [-0.39, 0.29) is 28.4 Å². The highest BCUT2D eigenvalue weighted by Crippen LogP contribution is 2.75. The summed E-state index contributed by atoms with van der Waals surface area (Å²) in [5, 5.41) is 2.83. The lowest BCUT2D eigenvalue weighted by molar-refractivity contribution is -0.251. The summed E-state index contributed by atoms with van der Waals surface area (Å²) in [6.07, 6.45) is 9.76. The van der Waals surface area contributed by atoms with Crippen molar-refractivity contribution in [2.24, 2.45) is 11.3 Å². The van der Waals surface area contributed by atoms with Gasteiger partial charge in [0.25, 0.3) is 5.91 Å². The number of fused-ring (bicyclic) bond motifs is 2. The van der Waals surface area contributed by atoms with Gasteiger partial charge in [0, 0.05) is 37.7 Å². The van der Waals surface area contributed by atoms with Crippen LogP contribution in [0, 0.1) is 11.3 Å². The molecule has 5 fully saturated rings. The maximum absolute atomic E-state index is 12.7. The molecule has 3 unspecified atom stereocenters. The van der Waals surface area contributed by atoms with Crippen LogP contribution in [0.2, 0.25) is 0 Å². The van der Waals surface area contributed by atoms with Crippen LogP contribution in [0.5, 0.6) is 5.75 Å². The quantitative estimate of drug-likeness (QED) is 0.832. The number of likely N-dealkylation sites (tertiary alicyclic amines) is 1. The Morgan fingerprint density at radius 2 is 2.03 bits per heavy atom.